The van der Waals surface area contributed by atoms with Gasteiger partial charge in [0.1, 0.15) is 0 Å². The van der Waals surface area contributed by atoms with Crippen molar-refractivity contribution < 1.29 is 0 Å². The lowest BCUT2D eigenvalue weighted by atomic mass is 10.4. The Morgan fingerprint density at radius 1 is 1.17 bits per heavy atom. The molecule has 0 nitrogen and oxygen atoms in total. The monoisotopic (exact) mass is 200 g/mol. The van der Waals surface area contributed by atoms with E-state index in [1.165, 1.54) is 4.90 Å². The summed E-state index contributed by atoms with van der Waals surface area (Å²) in [4.78, 5) is 1.29. The number of hydrogen-bond donors (Lipinski definition) is 0. The molecular formula is C10H13ClS. The molecule has 0 aliphatic carbocycles. The third-order valence-electron chi connectivity index (χ3n) is 1.71. The number of hydrogen-bond acceptors (Lipinski definition) is 1. The number of benzene rings is 1. The van der Waals surface area contributed by atoms with Crippen molar-refractivity contribution in [2.24, 2.45) is 0 Å². The zero-order valence-corrected chi connectivity index (χ0v) is 8.90. The van der Waals surface area contributed by atoms with Crippen LogP contribution in [-0.2, 0) is 0 Å². The van der Waals surface area contributed by atoms with E-state index in [9.17, 15) is 0 Å². The molecule has 0 aromatic heterocycles. The van der Waals surface area contributed by atoms with Crippen LogP contribution in [0.4, 0.5) is 0 Å². The Kier molecular flexibility index (Phi) is 3.96. The Labute approximate surface area is 83.3 Å². The number of thioether (sulfide) groups is 1. The molecule has 2 atom stereocenters. The highest BCUT2D eigenvalue weighted by atomic mass is 35.5. The molecule has 0 bridgehead atoms. The van der Waals surface area contributed by atoms with Gasteiger partial charge >= 0.3 is 0 Å². The molecule has 0 aliphatic rings. The molecule has 2 heteroatoms. The van der Waals surface area contributed by atoms with Crippen LogP contribution in [0.5, 0.6) is 0 Å². The van der Waals surface area contributed by atoms with Crippen LogP contribution in [-0.4, -0.2) is 10.6 Å². The van der Waals surface area contributed by atoms with E-state index in [0.717, 1.165) is 0 Å². The molecule has 1 rings (SSSR count). The van der Waals surface area contributed by atoms with Crippen LogP contribution in [0.15, 0.2) is 35.2 Å². The second-order valence-electron chi connectivity index (χ2n) is 2.81. The van der Waals surface area contributed by atoms with E-state index in [1.54, 1.807) is 0 Å². The summed E-state index contributed by atoms with van der Waals surface area (Å²) >= 11 is 7.78. The Bertz CT molecular complexity index is 221. The van der Waals surface area contributed by atoms with Gasteiger partial charge in [-0.25, -0.2) is 0 Å². The van der Waals surface area contributed by atoms with Crippen LogP contribution in [0.25, 0.3) is 0 Å². The average molecular weight is 201 g/mol. The maximum absolute atomic E-state index is 5.96. The lowest BCUT2D eigenvalue weighted by molar-refractivity contribution is 0.915. The SMILES string of the molecule is CC(Cl)C(C)Sc1ccccc1. The van der Waals surface area contributed by atoms with Crippen LogP contribution >= 0.6 is 23.4 Å². The van der Waals surface area contributed by atoms with Gasteiger partial charge in [0, 0.05) is 15.5 Å². The first-order valence-corrected chi connectivity index (χ1v) is 5.37. The summed E-state index contributed by atoms with van der Waals surface area (Å²) < 4.78 is 0. The van der Waals surface area contributed by atoms with Crippen LogP contribution in [0, 0.1) is 0 Å². The minimum Gasteiger partial charge on any atom is -0.122 e. The molecule has 66 valence electrons. The van der Waals surface area contributed by atoms with Gasteiger partial charge in [-0.2, -0.15) is 0 Å². The smallest absolute Gasteiger partial charge is 0.0427 e. The zero-order chi connectivity index (χ0) is 8.97. The molecule has 2 unspecified atom stereocenters. The summed E-state index contributed by atoms with van der Waals surface area (Å²) in [6, 6.07) is 10.3. The predicted molar refractivity (Wildman–Crippen MR) is 57.1 cm³/mol. The van der Waals surface area contributed by atoms with E-state index in [1.807, 2.05) is 36.9 Å². The molecule has 0 fully saturated rings. The van der Waals surface area contributed by atoms with Crippen molar-refractivity contribution in [1.82, 2.24) is 0 Å². The lowest BCUT2D eigenvalue weighted by Gasteiger charge is -2.12. The fraction of sp³-hybridized carbons (Fsp3) is 0.400. The molecule has 1 aromatic rings. The summed E-state index contributed by atoms with van der Waals surface area (Å²) in [5, 5.41) is 0.685. The first-order valence-electron chi connectivity index (χ1n) is 4.06. The van der Waals surface area contributed by atoms with Gasteiger partial charge in [-0.05, 0) is 19.1 Å². The normalized spacial score (nSPS) is 15.6. The summed E-state index contributed by atoms with van der Waals surface area (Å²) in [7, 11) is 0. The molecule has 0 N–H and O–H groups in total. The average Bonchev–Trinajstić information content (AvgIpc) is 2.06. The number of alkyl halides is 1. The Morgan fingerprint density at radius 2 is 1.75 bits per heavy atom. The van der Waals surface area contributed by atoms with Crippen LogP contribution in [0.3, 0.4) is 0 Å². The summed E-state index contributed by atoms with van der Waals surface area (Å²) in [6.45, 7) is 4.18. The van der Waals surface area contributed by atoms with Crippen LogP contribution < -0.4 is 0 Å². The van der Waals surface area contributed by atoms with Crippen molar-refractivity contribution in [2.45, 2.75) is 29.4 Å². The third-order valence-corrected chi connectivity index (χ3v) is 3.56. The molecule has 0 radical (unpaired) electrons. The Morgan fingerprint density at radius 3 is 2.25 bits per heavy atom. The maximum Gasteiger partial charge on any atom is 0.0427 e. The second-order valence-corrected chi connectivity index (χ2v) is 4.95. The summed E-state index contributed by atoms with van der Waals surface area (Å²) in [5.41, 5.74) is 0. The predicted octanol–water partition coefficient (Wildman–Crippen LogP) is 3.79. The van der Waals surface area contributed by atoms with Gasteiger partial charge in [-0.1, -0.05) is 25.1 Å². The summed E-state index contributed by atoms with van der Waals surface area (Å²) in [5.74, 6) is 0. The quantitative estimate of drug-likeness (QED) is 0.529. The molecule has 0 saturated carbocycles. The van der Waals surface area contributed by atoms with E-state index < -0.39 is 0 Å². The molecule has 12 heavy (non-hydrogen) atoms. The van der Waals surface area contributed by atoms with Crippen molar-refractivity contribution in [3.8, 4) is 0 Å². The second kappa shape index (κ2) is 4.78. The first kappa shape index (κ1) is 9.94. The van der Waals surface area contributed by atoms with Crippen molar-refractivity contribution in [3.63, 3.8) is 0 Å². The largest absolute Gasteiger partial charge is 0.122 e. The molecule has 0 spiro atoms. The van der Waals surface area contributed by atoms with Gasteiger partial charge in [0.05, 0.1) is 0 Å². The first-order chi connectivity index (χ1) is 5.70. The maximum atomic E-state index is 5.96. The topological polar surface area (TPSA) is 0 Å². The highest BCUT2D eigenvalue weighted by Gasteiger charge is 2.09. The van der Waals surface area contributed by atoms with Gasteiger partial charge in [0.2, 0.25) is 0 Å². The molecule has 0 amide bonds. The van der Waals surface area contributed by atoms with Gasteiger partial charge in [-0.15, -0.1) is 23.4 Å². The third kappa shape index (κ3) is 3.08. The van der Waals surface area contributed by atoms with Gasteiger partial charge < -0.3 is 0 Å². The van der Waals surface area contributed by atoms with E-state index >= 15 is 0 Å². The van der Waals surface area contributed by atoms with Crippen molar-refractivity contribution >= 4 is 23.4 Å². The molecule has 0 heterocycles. The minimum absolute atomic E-state index is 0.218. The number of halogens is 1. The Hall–Kier alpha value is -0.140. The van der Waals surface area contributed by atoms with Gasteiger partial charge in [0.15, 0.2) is 0 Å². The minimum atomic E-state index is 0.218. The molecular weight excluding hydrogens is 188 g/mol. The molecule has 0 aliphatic heterocycles. The van der Waals surface area contributed by atoms with Crippen LogP contribution in [0.2, 0.25) is 0 Å². The highest BCUT2D eigenvalue weighted by Crippen LogP contribution is 2.26. The molecule has 0 saturated heterocycles. The van der Waals surface area contributed by atoms with Crippen molar-refractivity contribution in [1.29, 1.82) is 0 Å². The van der Waals surface area contributed by atoms with E-state index in [2.05, 4.69) is 19.1 Å². The number of rotatable bonds is 3. The fourth-order valence-corrected chi connectivity index (χ4v) is 1.89. The molecule has 1 aromatic carbocycles. The zero-order valence-electron chi connectivity index (χ0n) is 7.33. The van der Waals surface area contributed by atoms with E-state index in [-0.39, 0.29) is 5.38 Å². The van der Waals surface area contributed by atoms with Gasteiger partial charge in [0.25, 0.3) is 0 Å². The van der Waals surface area contributed by atoms with Crippen molar-refractivity contribution in [3.05, 3.63) is 30.3 Å². The van der Waals surface area contributed by atoms with Gasteiger partial charge in [-0.3, -0.25) is 0 Å². The highest BCUT2D eigenvalue weighted by molar-refractivity contribution is 8.00. The van der Waals surface area contributed by atoms with Crippen molar-refractivity contribution in [2.75, 3.05) is 0 Å². The van der Waals surface area contributed by atoms with Crippen LogP contribution in [0.1, 0.15) is 13.8 Å². The fourth-order valence-electron chi connectivity index (χ4n) is 0.807. The lowest BCUT2D eigenvalue weighted by Crippen LogP contribution is -2.08. The van der Waals surface area contributed by atoms with E-state index in [4.69, 9.17) is 11.6 Å². The summed E-state index contributed by atoms with van der Waals surface area (Å²) in [6.07, 6.45) is 0. The standard InChI is InChI=1S/C10H13ClS/c1-8(11)9(2)12-10-6-4-3-5-7-10/h3-9H,1-2H3. The Balaban J connectivity index is 2.53. The van der Waals surface area contributed by atoms with E-state index in [0.29, 0.717) is 5.25 Å².